The van der Waals surface area contributed by atoms with Gasteiger partial charge in [0.15, 0.2) is 11.7 Å². The van der Waals surface area contributed by atoms with E-state index >= 15 is 0 Å². The van der Waals surface area contributed by atoms with Crippen LogP contribution in [0.25, 0.3) is 11.3 Å². The van der Waals surface area contributed by atoms with Crippen molar-refractivity contribution in [2.45, 2.75) is 26.3 Å². The van der Waals surface area contributed by atoms with E-state index in [4.69, 9.17) is 4.42 Å². The molecule has 0 radical (unpaired) electrons. The first-order valence-electron chi connectivity index (χ1n) is 7.52. The second-order valence-corrected chi connectivity index (χ2v) is 6.29. The lowest BCUT2D eigenvalue weighted by Crippen LogP contribution is -2.22. The van der Waals surface area contributed by atoms with Gasteiger partial charge in [0, 0.05) is 23.3 Å². The topological polar surface area (TPSA) is 55.1 Å². The number of rotatable bonds is 6. The quantitative estimate of drug-likeness (QED) is 0.746. The summed E-state index contributed by atoms with van der Waals surface area (Å²) in [7, 11) is 0. The van der Waals surface area contributed by atoms with E-state index in [1.807, 2.05) is 35.7 Å². The third-order valence-electron chi connectivity index (χ3n) is 3.59. The SMILES string of the molecule is Cc1ccsc1CNC(=O)CCc1ncc(-c2ccccc2)o1. The normalized spacial score (nSPS) is 10.7. The smallest absolute Gasteiger partial charge is 0.220 e. The van der Waals surface area contributed by atoms with Crippen molar-refractivity contribution in [3.8, 4) is 11.3 Å². The summed E-state index contributed by atoms with van der Waals surface area (Å²) in [5, 5.41) is 4.97. The molecule has 0 spiro atoms. The molecule has 0 saturated carbocycles. The first kappa shape index (κ1) is 15.5. The van der Waals surface area contributed by atoms with E-state index in [1.54, 1.807) is 17.5 Å². The van der Waals surface area contributed by atoms with Crippen molar-refractivity contribution in [1.29, 1.82) is 0 Å². The summed E-state index contributed by atoms with van der Waals surface area (Å²) in [4.78, 5) is 17.4. The maximum Gasteiger partial charge on any atom is 0.220 e. The molecule has 1 aromatic carbocycles. The van der Waals surface area contributed by atoms with Crippen LogP contribution in [0.5, 0.6) is 0 Å². The fourth-order valence-corrected chi connectivity index (χ4v) is 3.08. The minimum Gasteiger partial charge on any atom is -0.441 e. The van der Waals surface area contributed by atoms with Gasteiger partial charge in [-0.2, -0.15) is 0 Å². The Morgan fingerprint density at radius 2 is 2.09 bits per heavy atom. The number of benzene rings is 1. The van der Waals surface area contributed by atoms with Crippen molar-refractivity contribution < 1.29 is 9.21 Å². The van der Waals surface area contributed by atoms with E-state index in [0.29, 0.717) is 25.3 Å². The lowest BCUT2D eigenvalue weighted by atomic mass is 10.2. The maximum atomic E-state index is 11.9. The molecular formula is C18H18N2O2S. The molecule has 0 fully saturated rings. The van der Waals surface area contributed by atoms with Gasteiger partial charge in [-0.15, -0.1) is 11.3 Å². The van der Waals surface area contributed by atoms with E-state index in [-0.39, 0.29) is 5.91 Å². The molecule has 0 saturated heterocycles. The molecule has 0 aliphatic carbocycles. The van der Waals surface area contributed by atoms with Crippen LogP contribution in [0.1, 0.15) is 22.8 Å². The van der Waals surface area contributed by atoms with Crippen LogP contribution in [0, 0.1) is 6.92 Å². The number of amides is 1. The molecule has 2 heterocycles. The van der Waals surface area contributed by atoms with Gasteiger partial charge in [-0.3, -0.25) is 4.79 Å². The predicted molar refractivity (Wildman–Crippen MR) is 91.2 cm³/mol. The lowest BCUT2D eigenvalue weighted by Gasteiger charge is -2.03. The Bertz CT molecular complexity index is 777. The zero-order valence-corrected chi connectivity index (χ0v) is 13.7. The van der Waals surface area contributed by atoms with Gasteiger partial charge < -0.3 is 9.73 Å². The number of carbonyl (C=O) groups is 1. The van der Waals surface area contributed by atoms with Gasteiger partial charge in [0.2, 0.25) is 5.91 Å². The average molecular weight is 326 g/mol. The molecule has 1 N–H and O–H groups in total. The molecule has 1 amide bonds. The zero-order chi connectivity index (χ0) is 16.1. The molecule has 4 nitrogen and oxygen atoms in total. The fourth-order valence-electron chi connectivity index (χ4n) is 2.23. The standard InChI is InChI=1S/C18H18N2O2S/c1-13-9-10-23-16(13)12-19-17(21)7-8-18-20-11-15(22-18)14-5-3-2-4-6-14/h2-6,9-11H,7-8,12H2,1H3,(H,19,21). The molecule has 3 rings (SSSR count). The average Bonchev–Trinajstić information content (AvgIpc) is 3.21. The van der Waals surface area contributed by atoms with E-state index in [2.05, 4.69) is 23.3 Å². The van der Waals surface area contributed by atoms with Gasteiger partial charge in [-0.1, -0.05) is 30.3 Å². The molecule has 0 bridgehead atoms. The summed E-state index contributed by atoms with van der Waals surface area (Å²) in [5.74, 6) is 1.33. The Labute approximate surface area is 139 Å². The molecule has 23 heavy (non-hydrogen) atoms. The summed E-state index contributed by atoms with van der Waals surface area (Å²) in [6.45, 7) is 2.64. The number of aryl methyl sites for hydroxylation is 2. The highest BCUT2D eigenvalue weighted by Gasteiger charge is 2.09. The molecule has 0 aliphatic heterocycles. The van der Waals surface area contributed by atoms with Crippen molar-refractivity contribution in [2.24, 2.45) is 0 Å². The van der Waals surface area contributed by atoms with Gasteiger partial charge in [-0.25, -0.2) is 4.98 Å². The molecule has 3 aromatic rings. The maximum absolute atomic E-state index is 11.9. The third-order valence-corrected chi connectivity index (χ3v) is 4.62. The summed E-state index contributed by atoms with van der Waals surface area (Å²) in [5.41, 5.74) is 2.21. The highest BCUT2D eigenvalue weighted by molar-refractivity contribution is 7.10. The van der Waals surface area contributed by atoms with Crippen LogP contribution in [0.2, 0.25) is 0 Å². The number of oxazole rings is 1. The number of hydrogen-bond donors (Lipinski definition) is 1. The molecule has 2 aromatic heterocycles. The van der Waals surface area contributed by atoms with Crippen LogP contribution in [-0.2, 0) is 17.8 Å². The largest absolute Gasteiger partial charge is 0.441 e. The number of aromatic nitrogens is 1. The lowest BCUT2D eigenvalue weighted by molar-refractivity contribution is -0.121. The first-order chi connectivity index (χ1) is 11.2. The molecule has 118 valence electrons. The number of nitrogens with one attached hydrogen (secondary N) is 1. The molecule has 0 unspecified atom stereocenters. The summed E-state index contributed by atoms with van der Waals surface area (Å²) >= 11 is 1.66. The summed E-state index contributed by atoms with van der Waals surface area (Å²) < 4.78 is 5.70. The van der Waals surface area contributed by atoms with Crippen LogP contribution >= 0.6 is 11.3 Å². The van der Waals surface area contributed by atoms with Crippen molar-refractivity contribution in [1.82, 2.24) is 10.3 Å². The Kier molecular flexibility index (Phi) is 4.88. The zero-order valence-electron chi connectivity index (χ0n) is 12.9. The van der Waals surface area contributed by atoms with Crippen LogP contribution in [0.15, 0.2) is 52.4 Å². The molecular weight excluding hydrogens is 308 g/mol. The Balaban J connectivity index is 1.50. The van der Waals surface area contributed by atoms with Gasteiger partial charge in [0.1, 0.15) is 0 Å². The van der Waals surface area contributed by atoms with Crippen LogP contribution in [0.4, 0.5) is 0 Å². The van der Waals surface area contributed by atoms with E-state index in [9.17, 15) is 4.79 Å². The monoisotopic (exact) mass is 326 g/mol. The molecule has 0 aliphatic rings. The fraction of sp³-hybridized carbons (Fsp3) is 0.222. The minimum absolute atomic E-state index is 0.0114. The van der Waals surface area contributed by atoms with Crippen molar-refractivity contribution in [3.63, 3.8) is 0 Å². The number of nitrogens with zero attached hydrogens (tertiary/aromatic N) is 1. The van der Waals surface area contributed by atoms with Crippen LogP contribution < -0.4 is 5.32 Å². The summed E-state index contributed by atoms with van der Waals surface area (Å²) in [6, 6.07) is 11.9. The molecule has 5 heteroatoms. The summed E-state index contributed by atoms with van der Waals surface area (Å²) in [6.07, 6.45) is 2.58. The Morgan fingerprint density at radius 1 is 1.26 bits per heavy atom. The number of hydrogen-bond acceptors (Lipinski definition) is 4. The van der Waals surface area contributed by atoms with E-state index in [1.165, 1.54) is 10.4 Å². The Hall–Kier alpha value is -2.40. The van der Waals surface area contributed by atoms with E-state index < -0.39 is 0 Å². The second-order valence-electron chi connectivity index (χ2n) is 5.29. The molecule has 0 atom stereocenters. The number of thiophene rings is 1. The van der Waals surface area contributed by atoms with Crippen LogP contribution in [0.3, 0.4) is 0 Å². The van der Waals surface area contributed by atoms with Crippen molar-refractivity contribution in [2.75, 3.05) is 0 Å². The van der Waals surface area contributed by atoms with Crippen molar-refractivity contribution >= 4 is 17.2 Å². The van der Waals surface area contributed by atoms with Crippen LogP contribution in [-0.4, -0.2) is 10.9 Å². The Morgan fingerprint density at radius 3 is 2.83 bits per heavy atom. The van der Waals surface area contributed by atoms with E-state index in [0.717, 1.165) is 11.3 Å². The highest BCUT2D eigenvalue weighted by atomic mass is 32.1. The van der Waals surface area contributed by atoms with Gasteiger partial charge in [0.25, 0.3) is 0 Å². The third kappa shape index (κ3) is 4.07. The minimum atomic E-state index is 0.0114. The second kappa shape index (κ2) is 7.24. The number of carbonyl (C=O) groups excluding carboxylic acids is 1. The van der Waals surface area contributed by atoms with Crippen molar-refractivity contribution in [3.05, 3.63) is 64.3 Å². The van der Waals surface area contributed by atoms with Gasteiger partial charge >= 0.3 is 0 Å². The van der Waals surface area contributed by atoms with Gasteiger partial charge in [-0.05, 0) is 23.9 Å². The predicted octanol–water partition coefficient (Wildman–Crippen LogP) is 3.96. The van der Waals surface area contributed by atoms with Gasteiger partial charge in [0.05, 0.1) is 12.7 Å². The first-order valence-corrected chi connectivity index (χ1v) is 8.40. The highest BCUT2D eigenvalue weighted by Crippen LogP contribution is 2.20.